The van der Waals surface area contributed by atoms with E-state index in [4.69, 9.17) is 0 Å². The number of carbonyl (C=O) groups is 1. The summed E-state index contributed by atoms with van der Waals surface area (Å²) in [5.74, 6) is 0.0883. The Bertz CT molecular complexity index is 849. The lowest BCUT2D eigenvalue weighted by atomic mass is 10.0. The van der Waals surface area contributed by atoms with Crippen LogP contribution in [0.2, 0.25) is 0 Å². The molecule has 3 nitrogen and oxygen atoms in total. The monoisotopic (exact) mass is 460 g/mol. The van der Waals surface area contributed by atoms with Crippen molar-refractivity contribution in [3.63, 3.8) is 0 Å². The van der Waals surface area contributed by atoms with Gasteiger partial charge in [0.15, 0.2) is 5.78 Å². The molecule has 2 aromatic rings. The average molecular weight is 461 g/mol. The van der Waals surface area contributed by atoms with Crippen molar-refractivity contribution in [2.75, 3.05) is 36.0 Å². The van der Waals surface area contributed by atoms with Crippen LogP contribution in [-0.2, 0) is 4.79 Å². The van der Waals surface area contributed by atoms with Crippen LogP contribution < -0.4 is 9.80 Å². The molecular weight excluding hydrogens is 416 g/mol. The fourth-order valence-corrected chi connectivity index (χ4v) is 4.32. The lowest BCUT2D eigenvalue weighted by Crippen LogP contribution is -2.24. The molecule has 0 amide bonds. The van der Waals surface area contributed by atoms with Crippen LogP contribution in [0.3, 0.4) is 0 Å². The van der Waals surface area contributed by atoms with Gasteiger partial charge in [-0.15, -0.1) is 0 Å². The van der Waals surface area contributed by atoms with Crippen molar-refractivity contribution in [3.05, 3.63) is 70.8 Å². The number of ketones is 1. The van der Waals surface area contributed by atoms with E-state index in [9.17, 15) is 4.79 Å². The highest BCUT2D eigenvalue weighted by Crippen LogP contribution is 2.21. The molecule has 0 saturated carbocycles. The standard InChI is InChI=1S/C31H44N2O/c1-7-19-32(20-8-2)29-15-11-27(12-16-29)23-25(5)31(34)26(6)24-28-13-17-30(18-14-28)33(21-9-3)22-10-4/h11-18,23-24H,7-10,19-22H2,1-6H3/b25-23+,26-24+. The first-order valence-electron chi connectivity index (χ1n) is 13.0. The summed E-state index contributed by atoms with van der Waals surface area (Å²) in [5, 5.41) is 0. The maximum absolute atomic E-state index is 13.0. The molecule has 3 heteroatoms. The van der Waals surface area contributed by atoms with E-state index in [1.807, 2.05) is 26.0 Å². The summed E-state index contributed by atoms with van der Waals surface area (Å²) < 4.78 is 0. The summed E-state index contributed by atoms with van der Waals surface area (Å²) in [6.07, 6.45) is 8.53. The highest BCUT2D eigenvalue weighted by Gasteiger charge is 2.09. The van der Waals surface area contributed by atoms with Crippen molar-refractivity contribution in [3.8, 4) is 0 Å². The number of anilines is 2. The fourth-order valence-electron chi connectivity index (χ4n) is 4.32. The number of allylic oxidation sites excluding steroid dienone is 2. The third-order valence-corrected chi connectivity index (χ3v) is 5.97. The van der Waals surface area contributed by atoms with Gasteiger partial charge in [-0.1, -0.05) is 52.0 Å². The van der Waals surface area contributed by atoms with E-state index in [-0.39, 0.29) is 5.78 Å². The number of hydrogen-bond acceptors (Lipinski definition) is 3. The first kappa shape index (κ1) is 27.4. The van der Waals surface area contributed by atoms with Gasteiger partial charge in [0.05, 0.1) is 0 Å². The molecule has 0 aliphatic heterocycles. The van der Waals surface area contributed by atoms with Gasteiger partial charge in [-0.25, -0.2) is 0 Å². The lowest BCUT2D eigenvalue weighted by Gasteiger charge is -2.23. The number of benzene rings is 2. The van der Waals surface area contributed by atoms with Gasteiger partial charge in [-0.3, -0.25) is 4.79 Å². The Morgan fingerprint density at radius 1 is 0.588 bits per heavy atom. The summed E-state index contributed by atoms with van der Waals surface area (Å²) in [6.45, 7) is 17.0. The minimum Gasteiger partial charge on any atom is -0.372 e. The van der Waals surface area contributed by atoms with Gasteiger partial charge in [0, 0.05) is 37.6 Å². The summed E-state index contributed by atoms with van der Waals surface area (Å²) >= 11 is 0. The van der Waals surface area contributed by atoms with Crippen LogP contribution >= 0.6 is 0 Å². The second-order valence-electron chi connectivity index (χ2n) is 9.14. The Hall–Kier alpha value is -2.81. The van der Waals surface area contributed by atoms with Crippen LogP contribution in [0.25, 0.3) is 12.2 Å². The van der Waals surface area contributed by atoms with E-state index < -0.39 is 0 Å². The van der Waals surface area contributed by atoms with E-state index in [1.165, 1.54) is 11.4 Å². The third kappa shape index (κ3) is 8.20. The Morgan fingerprint density at radius 2 is 0.882 bits per heavy atom. The molecule has 0 radical (unpaired) electrons. The number of rotatable bonds is 14. The zero-order valence-corrected chi connectivity index (χ0v) is 22.2. The second-order valence-corrected chi connectivity index (χ2v) is 9.14. The highest BCUT2D eigenvalue weighted by molar-refractivity contribution is 6.12. The molecule has 0 unspecified atom stereocenters. The Labute approximate surface area is 208 Å². The van der Waals surface area contributed by atoms with E-state index in [0.29, 0.717) is 0 Å². The summed E-state index contributed by atoms with van der Waals surface area (Å²) in [7, 11) is 0. The van der Waals surface area contributed by atoms with Crippen LogP contribution in [0.5, 0.6) is 0 Å². The van der Waals surface area contributed by atoms with Crippen molar-refractivity contribution in [1.29, 1.82) is 0 Å². The van der Waals surface area contributed by atoms with Gasteiger partial charge >= 0.3 is 0 Å². The molecule has 34 heavy (non-hydrogen) atoms. The number of nitrogens with zero attached hydrogens (tertiary/aromatic N) is 2. The SMILES string of the molecule is CCCN(CCC)c1ccc(/C=C(\C)C(=O)/C(C)=C/c2ccc(N(CCC)CCC)cc2)cc1. The Kier molecular flexibility index (Phi) is 11.7. The van der Waals surface area contributed by atoms with Gasteiger partial charge < -0.3 is 9.80 Å². The maximum Gasteiger partial charge on any atom is 0.184 e. The molecule has 0 spiro atoms. The molecule has 2 aromatic carbocycles. The van der Waals surface area contributed by atoms with Gasteiger partial charge in [0.2, 0.25) is 0 Å². The molecule has 0 aromatic heterocycles. The molecule has 0 heterocycles. The van der Waals surface area contributed by atoms with E-state index >= 15 is 0 Å². The van der Waals surface area contributed by atoms with Crippen LogP contribution in [0.1, 0.15) is 78.4 Å². The minimum absolute atomic E-state index is 0.0883. The molecule has 0 aliphatic carbocycles. The van der Waals surface area contributed by atoms with Gasteiger partial charge in [0.1, 0.15) is 0 Å². The van der Waals surface area contributed by atoms with Gasteiger partial charge in [0.25, 0.3) is 0 Å². The molecule has 0 aliphatic rings. The predicted molar refractivity (Wildman–Crippen MR) is 151 cm³/mol. The molecule has 0 bridgehead atoms. The molecule has 0 saturated heterocycles. The van der Waals surface area contributed by atoms with Crippen LogP contribution in [0.4, 0.5) is 11.4 Å². The van der Waals surface area contributed by atoms with Crippen molar-refractivity contribution in [1.82, 2.24) is 0 Å². The van der Waals surface area contributed by atoms with Crippen molar-refractivity contribution < 1.29 is 4.79 Å². The Morgan fingerprint density at radius 3 is 1.15 bits per heavy atom. The molecule has 184 valence electrons. The van der Waals surface area contributed by atoms with Gasteiger partial charge in [-0.2, -0.15) is 0 Å². The molecular formula is C31H44N2O. The number of hydrogen-bond donors (Lipinski definition) is 0. The fraction of sp³-hybridized carbons (Fsp3) is 0.452. The quantitative estimate of drug-likeness (QED) is 0.267. The maximum atomic E-state index is 13.0. The first-order valence-corrected chi connectivity index (χ1v) is 13.0. The molecule has 0 N–H and O–H groups in total. The summed E-state index contributed by atoms with van der Waals surface area (Å²) in [6, 6.07) is 17.1. The number of Topliss-reactive ketones (excluding diaryl/α,β-unsaturated/α-hetero) is 1. The van der Waals surface area contributed by atoms with Crippen LogP contribution in [0.15, 0.2) is 59.7 Å². The van der Waals surface area contributed by atoms with E-state index in [1.54, 1.807) is 0 Å². The van der Waals surface area contributed by atoms with Crippen molar-refractivity contribution >= 4 is 29.3 Å². The minimum atomic E-state index is 0.0883. The second kappa shape index (κ2) is 14.5. The molecule has 0 fully saturated rings. The zero-order valence-electron chi connectivity index (χ0n) is 22.2. The summed E-state index contributed by atoms with van der Waals surface area (Å²) in [4.78, 5) is 17.8. The van der Waals surface area contributed by atoms with Gasteiger partial charge in [-0.05, 0) is 98.2 Å². The largest absolute Gasteiger partial charge is 0.372 e. The molecule has 2 rings (SSSR count). The highest BCUT2D eigenvalue weighted by atomic mass is 16.1. The predicted octanol–water partition coefficient (Wildman–Crippen LogP) is 8.02. The van der Waals surface area contributed by atoms with E-state index in [0.717, 1.165) is 74.1 Å². The van der Waals surface area contributed by atoms with Crippen molar-refractivity contribution in [2.24, 2.45) is 0 Å². The zero-order chi connectivity index (χ0) is 24.9. The topological polar surface area (TPSA) is 23.6 Å². The Balaban J connectivity index is 2.10. The van der Waals surface area contributed by atoms with Crippen LogP contribution in [0, 0.1) is 0 Å². The first-order chi connectivity index (χ1) is 16.4. The average Bonchev–Trinajstić information content (AvgIpc) is 2.84. The van der Waals surface area contributed by atoms with Crippen LogP contribution in [-0.4, -0.2) is 32.0 Å². The number of carbonyl (C=O) groups excluding carboxylic acids is 1. The lowest BCUT2D eigenvalue weighted by molar-refractivity contribution is -0.112. The molecule has 0 atom stereocenters. The summed E-state index contributed by atoms with van der Waals surface area (Å²) in [5.41, 5.74) is 6.14. The smallest absolute Gasteiger partial charge is 0.184 e. The van der Waals surface area contributed by atoms with E-state index in [2.05, 4.69) is 86.0 Å². The third-order valence-electron chi connectivity index (χ3n) is 5.97. The normalized spacial score (nSPS) is 12.1. The van der Waals surface area contributed by atoms with Crippen molar-refractivity contribution in [2.45, 2.75) is 67.2 Å².